The summed E-state index contributed by atoms with van der Waals surface area (Å²) in [6, 6.07) is 5.44. The summed E-state index contributed by atoms with van der Waals surface area (Å²) in [5, 5.41) is 12.6. The molecule has 4 heteroatoms. The van der Waals surface area contributed by atoms with Gasteiger partial charge in [0.25, 0.3) is 0 Å². The number of anilines is 1. The monoisotopic (exact) mass is 203 g/mol. The van der Waals surface area contributed by atoms with Crippen LogP contribution in [0.15, 0.2) is 30.7 Å². The van der Waals surface area contributed by atoms with E-state index in [9.17, 15) is 5.11 Å². The molecule has 0 unspecified atom stereocenters. The number of H-pyrrole nitrogens is 1. The van der Waals surface area contributed by atoms with Crippen molar-refractivity contribution in [3.63, 3.8) is 0 Å². The molecule has 78 valence electrons. The lowest BCUT2D eigenvalue weighted by Crippen LogP contribution is -1.99. The molecule has 1 aromatic carbocycles. The molecular formula is C11H13N3O. The van der Waals surface area contributed by atoms with Crippen LogP contribution in [-0.4, -0.2) is 15.1 Å². The molecule has 0 aliphatic heterocycles. The number of phenols is 1. The Morgan fingerprint density at radius 2 is 2.33 bits per heavy atom. The van der Waals surface area contributed by atoms with Gasteiger partial charge in [-0.3, -0.25) is 0 Å². The fourth-order valence-corrected chi connectivity index (χ4v) is 1.34. The fraction of sp³-hybridized carbons (Fsp3) is 0.182. The smallest absolute Gasteiger partial charge is 0.118 e. The highest BCUT2D eigenvalue weighted by atomic mass is 16.3. The number of nitrogens with one attached hydrogen (secondary N) is 2. The molecule has 2 aromatic rings. The molecule has 0 amide bonds. The summed E-state index contributed by atoms with van der Waals surface area (Å²) in [7, 11) is 0. The number of nitrogens with zero attached hydrogens (tertiary/aromatic N) is 1. The van der Waals surface area contributed by atoms with Crippen molar-refractivity contribution < 1.29 is 5.11 Å². The fourth-order valence-electron chi connectivity index (χ4n) is 1.34. The lowest BCUT2D eigenvalue weighted by atomic mass is 10.2. The van der Waals surface area contributed by atoms with Crippen molar-refractivity contribution in [2.75, 3.05) is 5.32 Å². The molecule has 0 aliphatic carbocycles. The average molecular weight is 203 g/mol. The van der Waals surface area contributed by atoms with E-state index in [1.807, 2.05) is 19.1 Å². The molecule has 0 bridgehead atoms. The van der Waals surface area contributed by atoms with Crippen LogP contribution in [0.3, 0.4) is 0 Å². The predicted molar refractivity (Wildman–Crippen MR) is 58.8 cm³/mol. The standard InChI is InChI=1S/C11H13N3O/c1-8-4-9(2-3-11(8)15)13-6-10-5-12-7-14-10/h2-5,7,13,15H,6H2,1H3,(H,12,14). The van der Waals surface area contributed by atoms with Crippen molar-refractivity contribution >= 4 is 5.69 Å². The second-order valence-corrected chi connectivity index (χ2v) is 3.43. The first-order chi connectivity index (χ1) is 7.25. The number of aromatic nitrogens is 2. The van der Waals surface area contributed by atoms with Gasteiger partial charge in [-0.25, -0.2) is 4.98 Å². The van der Waals surface area contributed by atoms with Gasteiger partial charge >= 0.3 is 0 Å². The van der Waals surface area contributed by atoms with E-state index in [4.69, 9.17) is 0 Å². The molecule has 0 atom stereocenters. The molecule has 0 saturated heterocycles. The molecule has 1 heterocycles. The van der Waals surface area contributed by atoms with Crippen molar-refractivity contribution in [3.8, 4) is 5.75 Å². The highest BCUT2D eigenvalue weighted by molar-refractivity contribution is 5.50. The Hall–Kier alpha value is -1.97. The number of hydrogen-bond acceptors (Lipinski definition) is 3. The minimum atomic E-state index is 0.321. The van der Waals surface area contributed by atoms with Gasteiger partial charge in [-0.05, 0) is 30.7 Å². The minimum absolute atomic E-state index is 0.321. The normalized spacial score (nSPS) is 10.2. The van der Waals surface area contributed by atoms with Gasteiger partial charge in [0.1, 0.15) is 5.75 Å². The molecule has 15 heavy (non-hydrogen) atoms. The van der Waals surface area contributed by atoms with Crippen molar-refractivity contribution in [3.05, 3.63) is 42.0 Å². The lowest BCUT2D eigenvalue weighted by Gasteiger charge is -2.06. The van der Waals surface area contributed by atoms with Gasteiger partial charge in [0.2, 0.25) is 0 Å². The molecule has 0 aliphatic rings. The number of phenolic OH excluding ortho intramolecular Hbond substituents is 1. The van der Waals surface area contributed by atoms with Gasteiger partial charge in [-0.2, -0.15) is 0 Å². The summed E-state index contributed by atoms with van der Waals surface area (Å²) < 4.78 is 0. The van der Waals surface area contributed by atoms with Crippen LogP contribution in [0.2, 0.25) is 0 Å². The van der Waals surface area contributed by atoms with Gasteiger partial charge in [0.15, 0.2) is 0 Å². The summed E-state index contributed by atoms with van der Waals surface area (Å²) in [5.41, 5.74) is 2.88. The highest BCUT2D eigenvalue weighted by Gasteiger charge is 1.98. The van der Waals surface area contributed by atoms with Crippen molar-refractivity contribution in [2.45, 2.75) is 13.5 Å². The minimum Gasteiger partial charge on any atom is -0.508 e. The zero-order valence-electron chi connectivity index (χ0n) is 8.49. The molecule has 2 rings (SSSR count). The van der Waals surface area contributed by atoms with Crippen molar-refractivity contribution in [1.82, 2.24) is 9.97 Å². The van der Waals surface area contributed by atoms with Gasteiger partial charge in [0, 0.05) is 11.9 Å². The number of rotatable bonds is 3. The van der Waals surface area contributed by atoms with E-state index in [-0.39, 0.29) is 0 Å². The third-order valence-electron chi connectivity index (χ3n) is 2.23. The summed E-state index contributed by atoms with van der Waals surface area (Å²) >= 11 is 0. The van der Waals surface area contributed by atoms with Crippen molar-refractivity contribution in [2.24, 2.45) is 0 Å². The highest BCUT2D eigenvalue weighted by Crippen LogP contribution is 2.20. The van der Waals surface area contributed by atoms with E-state index in [1.165, 1.54) is 0 Å². The lowest BCUT2D eigenvalue weighted by molar-refractivity contribution is 0.471. The molecule has 0 fully saturated rings. The zero-order chi connectivity index (χ0) is 10.7. The summed E-state index contributed by atoms with van der Waals surface area (Å²) in [6.07, 6.45) is 3.43. The Morgan fingerprint density at radius 3 is 3.00 bits per heavy atom. The average Bonchev–Trinajstić information content (AvgIpc) is 2.73. The van der Waals surface area contributed by atoms with Gasteiger partial charge in [-0.15, -0.1) is 0 Å². The number of aromatic hydroxyl groups is 1. The van der Waals surface area contributed by atoms with Crippen LogP contribution in [0.4, 0.5) is 5.69 Å². The van der Waals surface area contributed by atoms with Crippen LogP contribution in [0.25, 0.3) is 0 Å². The van der Waals surface area contributed by atoms with Crippen LogP contribution in [0.5, 0.6) is 5.75 Å². The molecule has 3 N–H and O–H groups in total. The molecule has 0 spiro atoms. The van der Waals surface area contributed by atoms with Crippen LogP contribution in [0.1, 0.15) is 11.3 Å². The third kappa shape index (κ3) is 2.28. The molecule has 0 radical (unpaired) electrons. The number of aromatic amines is 1. The summed E-state index contributed by atoms with van der Waals surface area (Å²) in [4.78, 5) is 6.94. The van der Waals surface area contributed by atoms with E-state index >= 15 is 0 Å². The maximum absolute atomic E-state index is 9.35. The third-order valence-corrected chi connectivity index (χ3v) is 2.23. The first kappa shape index (κ1) is 9.58. The topological polar surface area (TPSA) is 60.9 Å². The van der Waals surface area contributed by atoms with Crippen LogP contribution in [0, 0.1) is 6.92 Å². The first-order valence-electron chi connectivity index (χ1n) is 4.76. The van der Waals surface area contributed by atoms with E-state index in [1.54, 1.807) is 18.6 Å². The van der Waals surface area contributed by atoms with E-state index in [0.717, 1.165) is 16.9 Å². The SMILES string of the molecule is Cc1cc(NCc2cnc[nH]2)ccc1O. The van der Waals surface area contributed by atoms with E-state index in [2.05, 4.69) is 15.3 Å². The van der Waals surface area contributed by atoms with Gasteiger partial charge in [0.05, 0.1) is 18.6 Å². The number of hydrogen-bond donors (Lipinski definition) is 3. The van der Waals surface area contributed by atoms with Crippen LogP contribution >= 0.6 is 0 Å². The van der Waals surface area contributed by atoms with Gasteiger partial charge in [-0.1, -0.05) is 0 Å². The maximum Gasteiger partial charge on any atom is 0.118 e. The molecule has 4 nitrogen and oxygen atoms in total. The van der Waals surface area contributed by atoms with E-state index in [0.29, 0.717) is 12.3 Å². The van der Waals surface area contributed by atoms with Crippen LogP contribution in [-0.2, 0) is 6.54 Å². The molecule has 1 aromatic heterocycles. The Morgan fingerprint density at radius 1 is 1.47 bits per heavy atom. The van der Waals surface area contributed by atoms with Crippen LogP contribution < -0.4 is 5.32 Å². The Balaban J connectivity index is 2.02. The first-order valence-corrected chi connectivity index (χ1v) is 4.76. The second-order valence-electron chi connectivity index (χ2n) is 3.43. The quantitative estimate of drug-likeness (QED) is 0.669. The maximum atomic E-state index is 9.35. The molecule has 0 saturated carbocycles. The number of aryl methyl sites for hydroxylation is 1. The largest absolute Gasteiger partial charge is 0.508 e. The molecular weight excluding hydrogens is 190 g/mol. The summed E-state index contributed by atoms with van der Waals surface area (Å²) in [6.45, 7) is 2.57. The summed E-state index contributed by atoms with van der Waals surface area (Å²) in [5.74, 6) is 0.321. The number of benzene rings is 1. The van der Waals surface area contributed by atoms with Gasteiger partial charge < -0.3 is 15.4 Å². The number of imidazole rings is 1. The van der Waals surface area contributed by atoms with Crippen molar-refractivity contribution in [1.29, 1.82) is 0 Å². The second kappa shape index (κ2) is 4.04. The Kier molecular flexibility index (Phi) is 2.58. The Labute approximate surface area is 88.0 Å². The van der Waals surface area contributed by atoms with E-state index < -0.39 is 0 Å². The zero-order valence-corrected chi connectivity index (χ0v) is 8.49. The predicted octanol–water partition coefficient (Wildman–Crippen LogP) is 2.04. The Bertz CT molecular complexity index is 437.